The zero-order valence-corrected chi connectivity index (χ0v) is 10.9. The Labute approximate surface area is 113 Å². The van der Waals surface area contributed by atoms with Gasteiger partial charge in [-0.15, -0.1) is 11.6 Å². The van der Waals surface area contributed by atoms with Gasteiger partial charge in [-0.2, -0.15) is 0 Å². The van der Waals surface area contributed by atoms with Crippen LogP contribution in [0.5, 0.6) is 0 Å². The first-order valence-corrected chi connectivity index (χ1v) is 6.79. The Bertz CT molecular complexity index is 613. The molecule has 0 N–H and O–H groups in total. The molecule has 0 saturated heterocycles. The molecule has 0 spiro atoms. The molecule has 4 heteroatoms. The minimum atomic E-state index is -0.842. The molecule has 1 aliphatic heterocycles. The molecule has 0 bridgehead atoms. The van der Waals surface area contributed by atoms with Gasteiger partial charge in [0.15, 0.2) is 11.6 Å². The van der Waals surface area contributed by atoms with Gasteiger partial charge < -0.3 is 0 Å². The molecule has 1 heterocycles. The van der Waals surface area contributed by atoms with E-state index in [1.54, 1.807) is 0 Å². The first kappa shape index (κ1) is 12.0. The molecular weight excluding hydrogens is 274 g/mol. The Kier molecular flexibility index (Phi) is 3.04. The van der Waals surface area contributed by atoms with E-state index >= 15 is 0 Å². The number of halogens is 3. The van der Waals surface area contributed by atoms with Crippen LogP contribution in [0.1, 0.15) is 16.5 Å². The lowest BCUT2D eigenvalue weighted by Gasteiger charge is -2.10. The summed E-state index contributed by atoms with van der Waals surface area (Å²) in [6.07, 6.45) is 0.628. The smallest absolute Gasteiger partial charge is 0.159 e. The van der Waals surface area contributed by atoms with Gasteiger partial charge in [0.25, 0.3) is 0 Å². The van der Waals surface area contributed by atoms with Crippen molar-refractivity contribution < 1.29 is 8.78 Å². The molecule has 1 aliphatic rings. The van der Waals surface area contributed by atoms with Gasteiger partial charge in [0, 0.05) is 9.79 Å². The number of benzene rings is 2. The van der Waals surface area contributed by atoms with Crippen LogP contribution < -0.4 is 0 Å². The van der Waals surface area contributed by atoms with Crippen molar-refractivity contribution in [1.82, 2.24) is 0 Å². The number of fused-ring (bicyclic) bond motifs is 2. The maximum absolute atomic E-state index is 13.3. The minimum absolute atomic E-state index is 0.328. The lowest BCUT2D eigenvalue weighted by molar-refractivity contribution is 0.503. The van der Waals surface area contributed by atoms with Gasteiger partial charge in [-0.1, -0.05) is 30.0 Å². The van der Waals surface area contributed by atoms with Crippen molar-refractivity contribution in [3.05, 3.63) is 59.2 Å². The summed E-state index contributed by atoms with van der Waals surface area (Å²) >= 11 is 7.74. The summed E-state index contributed by atoms with van der Waals surface area (Å²) in [7, 11) is 0. The van der Waals surface area contributed by atoms with Crippen LogP contribution in [0.2, 0.25) is 0 Å². The van der Waals surface area contributed by atoms with E-state index in [0.717, 1.165) is 10.5 Å². The fourth-order valence-electron chi connectivity index (χ4n) is 2.07. The lowest BCUT2D eigenvalue weighted by Crippen LogP contribution is -1.97. The first-order valence-electron chi connectivity index (χ1n) is 5.54. The normalized spacial score (nSPS) is 17.8. The summed E-state index contributed by atoms with van der Waals surface area (Å²) in [4.78, 5) is 1.74. The molecule has 0 aromatic heterocycles. The zero-order valence-electron chi connectivity index (χ0n) is 9.29. The van der Waals surface area contributed by atoms with Crippen molar-refractivity contribution in [1.29, 1.82) is 0 Å². The standard InChI is InChI=1S/C14H9ClF2S/c15-10-5-8-3-1-2-4-13(8)18-14-7-12(17)11(16)6-9(10)14/h1-4,6-7,10H,5H2. The number of hydrogen-bond donors (Lipinski definition) is 0. The summed E-state index contributed by atoms with van der Waals surface area (Å²) in [6.45, 7) is 0. The lowest BCUT2D eigenvalue weighted by atomic mass is 10.0. The Hall–Kier alpha value is -1.06. The monoisotopic (exact) mass is 282 g/mol. The van der Waals surface area contributed by atoms with Gasteiger partial charge in [-0.3, -0.25) is 0 Å². The van der Waals surface area contributed by atoms with Crippen molar-refractivity contribution in [2.75, 3.05) is 0 Å². The van der Waals surface area contributed by atoms with Crippen molar-refractivity contribution in [2.45, 2.75) is 21.6 Å². The Balaban J connectivity index is 2.16. The molecular formula is C14H9ClF2S. The van der Waals surface area contributed by atoms with E-state index < -0.39 is 11.6 Å². The molecule has 18 heavy (non-hydrogen) atoms. The second-order valence-corrected chi connectivity index (χ2v) is 5.80. The van der Waals surface area contributed by atoms with Crippen molar-refractivity contribution in [2.24, 2.45) is 0 Å². The highest BCUT2D eigenvalue weighted by Gasteiger charge is 2.22. The maximum atomic E-state index is 13.3. The molecule has 0 fully saturated rings. The van der Waals surface area contributed by atoms with Crippen molar-refractivity contribution in [3.63, 3.8) is 0 Å². The molecule has 0 saturated carbocycles. The van der Waals surface area contributed by atoms with E-state index in [-0.39, 0.29) is 5.38 Å². The summed E-state index contributed by atoms with van der Waals surface area (Å²) in [5.41, 5.74) is 1.77. The molecule has 0 aliphatic carbocycles. The van der Waals surface area contributed by atoms with Crippen molar-refractivity contribution in [3.8, 4) is 0 Å². The molecule has 0 nitrogen and oxygen atoms in total. The second-order valence-electron chi connectivity index (χ2n) is 4.19. The first-order chi connectivity index (χ1) is 8.65. The van der Waals surface area contributed by atoms with Crippen molar-refractivity contribution >= 4 is 23.4 Å². The summed E-state index contributed by atoms with van der Waals surface area (Å²) < 4.78 is 26.6. The predicted molar refractivity (Wildman–Crippen MR) is 69.2 cm³/mol. The number of rotatable bonds is 0. The van der Waals surface area contributed by atoms with Gasteiger partial charge >= 0.3 is 0 Å². The zero-order chi connectivity index (χ0) is 12.7. The van der Waals surface area contributed by atoms with Crippen LogP contribution in [0.25, 0.3) is 0 Å². The maximum Gasteiger partial charge on any atom is 0.159 e. The molecule has 2 aromatic rings. The fraction of sp³-hybridized carbons (Fsp3) is 0.143. The van der Waals surface area contributed by atoms with Crippen LogP contribution in [0, 0.1) is 11.6 Å². The van der Waals surface area contributed by atoms with Crippen LogP contribution in [0.3, 0.4) is 0 Å². The van der Waals surface area contributed by atoms with Gasteiger partial charge in [0.1, 0.15) is 0 Å². The number of hydrogen-bond acceptors (Lipinski definition) is 1. The minimum Gasteiger partial charge on any atom is -0.204 e. The number of alkyl halides is 1. The Morgan fingerprint density at radius 3 is 2.61 bits per heavy atom. The fourth-order valence-corrected chi connectivity index (χ4v) is 3.63. The highest BCUT2D eigenvalue weighted by molar-refractivity contribution is 7.99. The molecule has 2 aromatic carbocycles. The highest BCUT2D eigenvalue weighted by atomic mass is 35.5. The van der Waals surface area contributed by atoms with Gasteiger partial charge in [0.2, 0.25) is 0 Å². The summed E-state index contributed by atoms with van der Waals surface area (Å²) in [5, 5.41) is -0.328. The van der Waals surface area contributed by atoms with Crippen LogP contribution >= 0.6 is 23.4 Å². The van der Waals surface area contributed by atoms with Crippen LogP contribution in [0.4, 0.5) is 8.78 Å². The van der Waals surface area contributed by atoms with Gasteiger partial charge in [-0.05, 0) is 35.7 Å². The van der Waals surface area contributed by atoms with E-state index in [4.69, 9.17) is 11.6 Å². The molecule has 1 unspecified atom stereocenters. The molecule has 92 valence electrons. The Morgan fingerprint density at radius 1 is 1.06 bits per heavy atom. The molecule has 3 rings (SSSR count). The van der Waals surface area contributed by atoms with E-state index in [2.05, 4.69) is 0 Å². The molecule has 0 amide bonds. The summed E-state index contributed by atoms with van der Waals surface area (Å²) in [5.74, 6) is -1.67. The summed E-state index contributed by atoms with van der Waals surface area (Å²) in [6, 6.07) is 10.3. The highest BCUT2D eigenvalue weighted by Crippen LogP contribution is 2.43. The SMILES string of the molecule is Fc1cc2c(cc1F)C(Cl)Cc1ccccc1S2. The van der Waals surface area contributed by atoms with Gasteiger partial charge in [0.05, 0.1) is 5.38 Å². The Morgan fingerprint density at radius 2 is 1.78 bits per heavy atom. The van der Waals surface area contributed by atoms with Crippen LogP contribution in [-0.4, -0.2) is 0 Å². The average Bonchev–Trinajstić information content (AvgIpc) is 2.47. The quantitative estimate of drug-likeness (QED) is 0.616. The second kappa shape index (κ2) is 4.56. The largest absolute Gasteiger partial charge is 0.204 e. The van der Waals surface area contributed by atoms with E-state index in [1.807, 2.05) is 24.3 Å². The molecule has 0 radical (unpaired) electrons. The third-order valence-corrected chi connectivity index (χ3v) is 4.56. The third-order valence-electron chi connectivity index (χ3n) is 2.98. The van der Waals surface area contributed by atoms with E-state index in [9.17, 15) is 8.78 Å². The van der Waals surface area contributed by atoms with Crippen LogP contribution in [0.15, 0.2) is 46.2 Å². The van der Waals surface area contributed by atoms with Gasteiger partial charge in [-0.25, -0.2) is 8.78 Å². The molecule has 1 atom stereocenters. The third kappa shape index (κ3) is 2.02. The van der Waals surface area contributed by atoms with E-state index in [0.29, 0.717) is 16.9 Å². The van der Waals surface area contributed by atoms with E-state index in [1.165, 1.54) is 23.9 Å². The average molecular weight is 283 g/mol. The topological polar surface area (TPSA) is 0 Å². The van der Waals surface area contributed by atoms with Crippen LogP contribution in [-0.2, 0) is 6.42 Å². The predicted octanol–water partition coefficient (Wildman–Crippen LogP) is 4.95.